The number of hydrogen-bond donors (Lipinski definition) is 1. The van der Waals surface area contributed by atoms with Gasteiger partial charge in [0.05, 0.1) is 35.7 Å². The van der Waals surface area contributed by atoms with Crippen molar-refractivity contribution in [3.8, 4) is 34.0 Å². The number of aromatic nitrogens is 2. The summed E-state index contributed by atoms with van der Waals surface area (Å²) in [5.74, 6) is 1.60. The van der Waals surface area contributed by atoms with Gasteiger partial charge in [-0.25, -0.2) is 4.98 Å². The molecule has 30 heavy (non-hydrogen) atoms. The van der Waals surface area contributed by atoms with Gasteiger partial charge in [0.1, 0.15) is 11.5 Å². The van der Waals surface area contributed by atoms with Crippen LogP contribution in [0.1, 0.15) is 0 Å². The lowest BCUT2D eigenvalue weighted by atomic mass is 10.0. The van der Waals surface area contributed by atoms with E-state index in [2.05, 4.69) is 4.98 Å². The van der Waals surface area contributed by atoms with E-state index in [0.717, 1.165) is 44.1 Å². The lowest BCUT2D eigenvalue weighted by Gasteiger charge is -2.06. The molecule has 7 heteroatoms. The zero-order valence-electron chi connectivity index (χ0n) is 16.3. The Morgan fingerprint density at radius 3 is 1.93 bits per heavy atom. The van der Waals surface area contributed by atoms with Crippen LogP contribution in [0, 0.1) is 0 Å². The van der Waals surface area contributed by atoms with Gasteiger partial charge in [0.15, 0.2) is 5.16 Å². The zero-order chi connectivity index (χ0) is 21.1. The van der Waals surface area contributed by atoms with Crippen molar-refractivity contribution in [2.45, 2.75) is 10.1 Å². The number of methoxy groups -OCH3 is 2. The Morgan fingerprint density at radius 2 is 1.37 bits per heavy atom. The molecule has 1 heterocycles. The van der Waals surface area contributed by atoms with Crippen molar-refractivity contribution in [1.29, 1.82) is 0 Å². The molecule has 4 nitrogen and oxygen atoms in total. The summed E-state index contributed by atoms with van der Waals surface area (Å²) in [4.78, 5) is 9.26. The SMILES string of the molecule is COc1ccc(-c2nc(Sc3ccc(Cl)c(Cl)c3)[nH]c2-c2ccc(OC)cc2)cc1. The van der Waals surface area contributed by atoms with Crippen LogP contribution in [-0.2, 0) is 0 Å². The molecule has 0 aliphatic carbocycles. The van der Waals surface area contributed by atoms with Crippen LogP contribution in [0.2, 0.25) is 10.0 Å². The predicted octanol–water partition coefficient (Wildman–Crippen LogP) is 7.22. The van der Waals surface area contributed by atoms with E-state index in [4.69, 9.17) is 37.7 Å². The molecule has 0 atom stereocenters. The second kappa shape index (κ2) is 9.04. The number of H-pyrrole nitrogens is 1. The highest BCUT2D eigenvalue weighted by Gasteiger charge is 2.16. The van der Waals surface area contributed by atoms with E-state index < -0.39 is 0 Å². The molecule has 0 spiro atoms. The quantitative estimate of drug-likeness (QED) is 0.332. The summed E-state index contributed by atoms with van der Waals surface area (Å²) in [6.07, 6.45) is 0. The fourth-order valence-corrected chi connectivity index (χ4v) is 4.17. The van der Waals surface area contributed by atoms with Crippen LogP contribution in [0.15, 0.2) is 76.8 Å². The fraction of sp³-hybridized carbons (Fsp3) is 0.0870. The van der Waals surface area contributed by atoms with E-state index in [1.807, 2.05) is 60.7 Å². The van der Waals surface area contributed by atoms with Crippen LogP contribution < -0.4 is 9.47 Å². The maximum Gasteiger partial charge on any atom is 0.171 e. The molecule has 152 valence electrons. The Bertz CT molecular complexity index is 1090. The number of benzene rings is 3. The van der Waals surface area contributed by atoms with Crippen molar-refractivity contribution >= 4 is 35.0 Å². The average molecular weight is 457 g/mol. The number of hydrogen-bond acceptors (Lipinski definition) is 4. The topological polar surface area (TPSA) is 47.1 Å². The minimum Gasteiger partial charge on any atom is -0.497 e. The molecule has 3 aromatic carbocycles. The van der Waals surface area contributed by atoms with Gasteiger partial charge in [0.25, 0.3) is 0 Å². The first-order chi connectivity index (χ1) is 14.6. The molecule has 0 radical (unpaired) electrons. The van der Waals surface area contributed by atoms with Gasteiger partial charge in [0, 0.05) is 16.0 Å². The number of rotatable bonds is 6. The normalized spacial score (nSPS) is 10.8. The highest BCUT2D eigenvalue weighted by Crippen LogP contribution is 2.37. The van der Waals surface area contributed by atoms with E-state index in [1.54, 1.807) is 20.3 Å². The molecule has 0 saturated carbocycles. The minimum absolute atomic E-state index is 0.513. The first-order valence-corrected chi connectivity index (χ1v) is 10.7. The van der Waals surface area contributed by atoms with Crippen molar-refractivity contribution < 1.29 is 9.47 Å². The highest BCUT2D eigenvalue weighted by molar-refractivity contribution is 7.99. The second-order valence-electron chi connectivity index (χ2n) is 6.40. The number of imidazole rings is 1. The van der Waals surface area contributed by atoms with E-state index in [-0.39, 0.29) is 0 Å². The van der Waals surface area contributed by atoms with Crippen LogP contribution in [0.25, 0.3) is 22.5 Å². The van der Waals surface area contributed by atoms with Crippen molar-refractivity contribution in [3.05, 3.63) is 76.8 Å². The molecule has 1 N–H and O–H groups in total. The molecule has 0 aliphatic rings. The number of ether oxygens (including phenoxy) is 2. The summed E-state index contributed by atoms with van der Waals surface area (Å²) in [6.45, 7) is 0. The summed E-state index contributed by atoms with van der Waals surface area (Å²) in [5, 5.41) is 1.79. The number of aromatic amines is 1. The van der Waals surface area contributed by atoms with Crippen molar-refractivity contribution in [1.82, 2.24) is 9.97 Å². The van der Waals surface area contributed by atoms with Gasteiger partial charge in [-0.3, -0.25) is 0 Å². The molecule has 0 fully saturated rings. The third kappa shape index (κ3) is 4.43. The van der Waals surface area contributed by atoms with Gasteiger partial charge in [-0.2, -0.15) is 0 Å². The summed E-state index contributed by atoms with van der Waals surface area (Å²) in [6, 6.07) is 21.2. The third-order valence-corrected chi connectivity index (χ3v) is 6.15. The smallest absolute Gasteiger partial charge is 0.171 e. The van der Waals surface area contributed by atoms with Crippen LogP contribution in [0.4, 0.5) is 0 Å². The van der Waals surface area contributed by atoms with Crippen molar-refractivity contribution in [2.24, 2.45) is 0 Å². The first kappa shape index (κ1) is 20.7. The maximum absolute atomic E-state index is 6.17. The Labute approximate surface area is 189 Å². The number of halogens is 2. The molecule has 0 aliphatic heterocycles. The molecule has 0 saturated heterocycles. The molecular formula is C23H18Cl2N2O2S. The Morgan fingerprint density at radius 1 is 0.767 bits per heavy atom. The second-order valence-corrected chi connectivity index (χ2v) is 8.28. The molecule has 4 aromatic rings. The highest BCUT2D eigenvalue weighted by atomic mass is 35.5. The third-order valence-electron chi connectivity index (χ3n) is 4.53. The van der Waals surface area contributed by atoms with E-state index in [9.17, 15) is 0 Å². The Kier molecular flexibility index (Phi) is 6.23. The summed E-state index contributed by atoms with van der Waals surface area (Å²) >= 11 is 13.7. The van der Waals surface area contributed by atoms with E-state index in [0.29, 0.717) is 10.0 Å². The monoisotopic (exact) mass is 456 g/mol. The van der Waals surface area contributed by atoms with Gasteiger partial charge < -0.3 is 14.5 Å². The van der Waals surface area contributed by atoms with E-state index >= 15 is 0 Å². The van der Waals surface area contributed by atoms with E-state index in [1.165, 1.54) is 11.8 Å². The number of nitrogens with zero attached hydrogens (tertiary/aromatic N) is 1. The minimum atomic E-state index is 0.513. The average Bonchev–Trinajstić information content (AvgIpc) is 3.20. The first-order valence-electron chi connectivity index (χ1n) is 9.09. The fourth-order valence-electron chi connectivity index (χ4n) is 2.98. The van der Waals surface area contributed by atoms with Crippen LogP contribution in [0.5, 0.6) is 11.5 Å². The van der Waals surface area contributed by atoms with Gasteiger partial charge in [0.2, 0.25) is 0 Å². The van der Waals surface area contributed by atoms with Crippen LogP contribution >= 0.6 is 35.0 Å². The standard InChI is InChI=1S/C23H18Cl2N2O2S/c1-28-16-7-3-14(4-8-16)21-22(15-5-9-17(29-2)10-6-15)27-23(26-21)30-18-11-12-19(24)20(25)13-18/h3-13H,1-2H3,(H,26,27). The lowest BCUT2D eigenvalue weighted by Crippen LogP contribution is -1.87. The van der Waals surface area contributed by atoms with Gasteiger partial charge in [-0.05, 0) is 66.7 Å². The molecule has 1 aromatic heterocycles. The van der Waals surface area contributed by atoms with Crippen LogP contribution in [0.3, 0.4) is 0 Å². The lowest BCUT2D eigenvalue weighted by molar-refractivity contribution is 0.414. The Balaban J connectivity index is 1.76. The molecular weight excluding hydrogens is 439 g/mol. The number of nitrogens with one attached hydrogen (secondary N) is 1. The maximum atomic E-state index is 6.17. The summed E-state index contributed by atoms with van der Waals surface area (Å²) < 4.78 is 10.6. The predicted molar refractivity (Wildman–Crippen MR) is 123 cm³/mol. The summed E-state index contributed by atoms with van der Waals surface area (Å²) in [7, 11) is 3.30. The molecule has 0 bridgehead atoms. The van der Waals surface area contributed by atoms with Gasteiger partial charge in [-0.15, -0.1) is 0 Å². The molecule has 0 amide bonds. The van der Waals surface area contributed by atoms with Crippen molar-refractivity contribution in [2.75, 3.05) is 14.2 Å². The van der Waals surface area contributed by atoms with Gasteiger partial charge >= 0.3 is 0 Å². The van der Waals surface area contributed by atoms with Crippen molar-refractivity contribution in [3.63, 3.8) is 0 Å². The van der Waals surface area contributed by atoms with Crippen LogP contribution in [-0.4, -0.2) is 24.2 Å². The zero-order valence-corrected chi connectivity index (χ0v) is 18.6. The van der Waals surface area contributed by atoms with Gasteiger partial charge in [-0.1, -0.05) is 35.0 Å². The molecule has 0 unspecified atom stereocenters. The Hall–Kier alpha value is -2.60. The largest absolute Gasteiger partial charge is 0.497 e. The summed E-state index contributed by atoms with van der Waals surface area (Å²) in [5.41, 5.74) is 3.77. The molecule has 4 rings (SSSR count).